The highest BCUT2D eigenvalue weighted by Gasteiger charge is 2.22. The topological polar surface area (TPSA) is 42.2 Å². The maximum atomic E-state index is 11.5. The standard InChI is InChI=1S/C17H17NO2/c1-12-6-5-9-14-10-15(17(19)20)18(16(12)14)11-13-7-3-2-4-8-13/h2-4,6-8,10H,5,9,11H2,1H3,(H,19,20). The van der Waals surface area contributed by atoms with Crippen LogP contribution in [0.15, 0.2) is 42.5 Å². The molecule has 1 aliphatic rings. The second-order valence-corrected chi connectivity index (χ2v) is 5.21. The van der Waals surface area contributed by atoms with E-state index in [2.05, 4.69) is 13.0 Å². The molecular formula is C17H17NO2. The van der Waals surface area contributed by atoms with Gasteiger partial charge in [-0.2, -0.15) is 0 Å². The Balaban J connectivity index is 2.11. The van der Waals surface area contributed by atoms with Crippen molar-refractivity contribution < 1.29 is 9.90 Å². The summed E-state index contributed by atoms with van der Waals surface area (Å²) >= 11 is 0. The first-order valence-electron chi connectivity index (χ1n) is 6.83. The summed E-state index contributed by atoms with van der Waals surface area (Å²) in [6.07, 6.45) is 4.11. The first kappa shape index (κ1) is 12.7. The van der Waals surface area contributed by atoms with Crippen LogP contribution in [0.1, 0.15) is 40.7 Å². The number of carboxylic acids is 1. The number of aryl methyl sites for hydroxylation is 1. The van der Waals surface area contributed by atoms with Gasteiger partial charge in [-0.15, -0.1) is 0 Å². The fraction of sp³-hybridized carbons (Fsp3) is 0.235. The maximum Gasteiger partial charge on any atom is 0.352 e. The van der Waals surface area contributed by atoms with E-state index >= 15 is 0 Å². The molecule has 0 bridgehead atoms. The number of benzene rings is 1. The zero-order valence-corrected chi connectivity index (χ0v) is 11.5. The second kappa shape index (κ2) is 5.00. The van der Waals surface area contributed by atoms with E-state index in [1.54, 1.807) is 0 Å². The molecule has 1 aromatic heterocycles. The molecule has 3 nitrogen and oxygen atoms in total. The SMILES string of the molecule is CC1=CCCc2cc(C(=O)O)n(Cc3ccccc3)c21. The quantitative estimate of drug-likeness (QED) is 0.923. The first-order chi connectivity index (χ1) is 9.66. The van der Waals surface area contributed by atoms with Crippen LogP contribution in [0.4, 0.5) is 0 Å². The van der Waals surface area contributed by atoms with Gasteiger partial charge in [-0.05, 0) is 42.5 Å². The molecular weight excluding hydrogens is 250 g/mol. The fourth-order valence-corrected chi connectivity index (χ4v) is 2.91. The van der Waals surface area contributed by atoms with Crippen molar-refractivity contribution in [2.75, 3.05) is 0 Å². The van der Waals surface area contributed by atoms with Crippen molar-refractivity contribution in [2.24, 2.45) is 0 Å². The number of rotatable bonds is 3. The summed E-state index contributed by atoms with van der Waals surface area (Å²) in [7, 11) is 0. The van der Waals surface area contributed by atoms with Crippen molar-refractivity contribution in [3.05, 3.63) is 65.0 Å². The lowest BCUT2D eigenvalue weighted by Gasteiger charge is -2.16. The summed E-state index contributed by atoms with van der Waals surface area (Å²) in [6.45, 7) is 2.66. The smallest absolute Gasteiger partial charge is 0.352 e. The predicted molar refractivity (Wildman–Crippen MR) is 78.9 cm³/mol. The van der Waals surface area contributed by atoms with Crippen molar-refractivity contribution in [3.63, 3.8) is 0 Å². The summed E-state index contributed by atoms with van der Waals surface area (Å²) in [4.78, 5) is 11.5. The Labute approximate surface area is 118 Å². The highest BCUT2D eigenvalue weighted by molar-refractivity contribution is 5.88. The number of allylic oxidation sites excluding steroid dienone is 2. The lowest BCUT2D eigenvalue weighted by atomic mass is 9.98. The Bertz CT molecular complexity index is 681. The molecule has 0 amide bonds. The van der Waals surface area contributed by atoms with E-state index < -0.39 is 5.97 Å². The van der Waals surface area contributed by atoms with Gasteiger partial charge in [0, 0.05) is 12.2 Å². The van der Waals surface area contributed by atoms with Gasteiger partial charge in [0.1, 0.15) is 5.69 Å². The van der Waals surface area contributed by atoms with E-state index in [1.807, 2.05) is 41.0 Å². The molecule has 3 rings (SSSR count). The highest BCUT2D eigenvalue weighted by atomic mass is 16.4. The van der Waals surface area contributed by atoms with Gasteiger partial charge in [-0.1, -0.05) is 36.4 Å². The summed E-state index contributed by atoms with van der Waals surface area (Å²) < 4.78 is 1.93. The molecule has 0 unspecified atom stereocenters. The molecule has 2 aromatic rings. The average Bonchev–Trinajstić information content (AvgIpc) is 2.80. The van der Waals surface area contributed by atoms with Gasteiger partial charge in [-0.3, -0.25) is 0 Å². The number of carboxylic acid groups (broad SMARTS) is 1. The third kappa shape index (κ3) is 2.16. The number of fused-ring (bicyclic) bond motifs is 1. The molecule has 1 N–H and O–H groups in total. The van der Waals surface area contributed by atoms with Crippen molar-refractivity contribution in [1.82, 2.24) is 4.57 Å². The van der Waals surface area contributed by atoms with Crippen molar-refractivity contribution in [3.8, 4) is 0 Å². The second-order valence-electron chi connectivity index (χ2n) is 5.21. The Hall–Kier alpha value is -2.29. The van der Waals surface area contributed by atoms with E-state index in [1.165, 1.54) is 5.57 Å². The summed E-state index contributed by atoms with van der Waals surface area (Å²) in [5.74, 6) is -0.858. The van der Waals surface area contributed by atoms with E-state index in [4.69, 9.17) is 0 Å². The highest BCUT2D eigenvalue weighted by Crippen LogP contribution is 2.30. The van der Waals surface area contributed by atoms with E-state index in [0.717, 1.165) is 29.7 Å². The van der Waals surface area contributed by atoms with Gasteiger partial charge in [0.25, 0.3) is 0 Å². The normalized spacial score (nSPS) is 13.8. The molecule has 0 atom stereocenters. The summed E-state index contributed by atoms with van der Waals surface area (Å²) in [5, 5.41) is 9.44. The van der Waals surface area contributed by atoms with Crippen LogP contribution < -0.4 is 0 Å². The fourth-order valence-electron chi connectivity index (χ4n) is 2.91. The molecule has 1 aromatic carbocycles. The van der Waals surface area contributed by atoms with E-state index in [-0.39, 0.29) is 0 Å². The molecule has 1 heterocycles. The first-order valence-corrected chi connectivity index (χ1v) is 6.83. The molecule has 0 aliphatic heterocycles. The maximum absolute atomic E-state index is 11.5. The van der Waals surface area contributed by atoms with Crippen LogP contribution in [0.3, 0.4) is 0 Å². The minimum absolute atomic E-state index is 0.383. The van der Waals surface area contributed by atoms with Gasteiger partial charge in [0.05, 0.1) is 0 Å². The molecule has 102 valence electrons. The summed E-state index contributed by atoms with van der Waals surface area (Å²) in [6, 6.07) is 11.8. The molecule has 20 heavy (non-hydrogen) atoms. The Morgan fingerprint density at radius 2 is 2.05 bits per heavy atom. The number of hydrogen-bond donors (Lipinski definition) is 1. The lowest BCUT2D eigenvalue weighted by Crippen LogP contribution is -2.12. The molecule has 0 saturated carbocycles. The van der Waals surface area contributed by atoms with Crippen LogP contribution in [0, 0.1) is 0 Å². The minimum Gasteiger partial charge on any atom is -0.477 e. The van der Waals surface area contributed by atoms with Crippen LogP contribution in [0.25, 0.3) is 5.57 Å². The van der Waals surface area contributed by atoms with Crippen molar-refractivity contribution >= 4 is 11.5 Å². The molecule has 0 radical (unpaired) electrons. The van der Waals surface area contributed by atoms with Crippen LogP contribution in [0.2, 0.25) is 0 Å². The Morgan fingerprint density at radius 3 is 2.75 bits per heavy atom. The van der Waals surface area contributed by atoms with Crippen molar-refractivity contribution in [2.45, 2.75) is 26.3 Å². The lowest BCUT2D eigenvalue weighted by molar-refractivity contribution is 0.0685. The zero-order chi connectivity index (χ0) is 14.1. The van der Waals surface area contributed by atoms with Gasteiger partial charge >= 0.3 is 5.97 Å². The monoisotopic (exact) mass is 267 g/mol. The van der Waals surface area contributed by atoms with E-state index in [9.17, 15) is 9.90 Å². The molecule has 0 fully saturated rings. The van der Waals surface area contributed by atoms with Gasteiger partial charge in [0.2, 0.25) is 0 Å². The van der Waals surface area contributed by atoms with E-state index in [0.29, 0.717) is 12.2 Å². The van der Waals surface area contributed by atoms with Gasteiger partial charge in [-0.25, -0.2) is 4.79 Å². The largest absolute Gasteiger partial charge is 0.477 e. The Kier molecular flexibility index (Phi) is 3.18. The third-order valence-electron chi connectivity index (χ3n) is 3.82. The third-order valence-corrected chi connectivity index (χ3v) is 3.82. The molecule has 0 saturated heterocycles. The number of carbonyl (C=O) groups is 1. The Morgan fingerprint density at radius 1 is 1.30 bits per heavy atom. The number of nitrogens with zero attached hydrogens (tertiary/aromatic N) is 1. The van der Waals surface area contributed by atoms with Gasteiger partial charge < -0.3 is 9.67 Å². The van der Waals surface area contributed by atoms with Gasteiger partial charge in [0.15, 0.2) is 0 Å². The average molecular weight is 267 g/mol. The van der Waals surface area contributed by atoms with Crippen LogP contribution in [-0.2, 0) is 13.0 Å². The van der Waals surface area contributed by atoms with Crippen LogP contribution in [0.5, 0.6) is 0 Å². The number of aromatic nitrogens is 1. The number of hydrogen-bond acceptors (Lipinski definition) is 1. The molecule has 3 heteroatoms. The van der Waals surface area contributed by atoms with Crippen LogP contribution >= 0.6 is 0 Å². The molecule has 0 spiro atoms. The van der Waals surface area contributed by atoms with Crippen molar-refractivity contribution in [1.29, 1.82) is 0 Å². The number of aromatic carboxylic acids is 1. The van der Waals surface area contributed by atoms with Crippen LogP contribution in [-0.4, -0.2) is 15.6 Å². The summed E-state index contributed by atoms with van der Waals surface area (Å²) in [5.41, 5.74) is 4.91. The zero-order valence-electron chi connectivity index (χ0n) is 11.5. The predicted octanol–water partition coefficient (Wildman–Crippen LogP) is 3.58. The minimum atomic E-state index is -0.858. The molecule has 1 aliphatic carbocycles.